The molecule has 0 aliphatic rings. The second-order valence-corrected chi connectivity index (χ2v) is 3.95. The lowest BCUT2D eigenvalue weighted by molar-refractivity contribution is 0.0688. The minimum absolute atomic E-state index is 0.194. The third kappa shape index (κ3) is 1.46. The fraction of sp³-hybridized carbons (Fsp3) is 0.273. The van der Waals surface area contributed by atoms with Crippen molar-refractivity contribution in [3.63, 3.8) is 0 Å². The van der Waals surface area contributed by atoms with Crippen LogP contribution in [0, 0.1) is 6.92 Å². The van der Waals surface area contributed by atoms with Crippen molar-refractivity contribution >= 4 is 23.2 Å². The summed E-state index contributed by atoms with van der Waals surface area (Å²) in [5, 5.41) is 9.64. The van der Waals surface area contributed by atoms with Crippen molar-refractivity contribution in [2.24, 2.45) is 0 Å². The molecule has 0 amide bonds. The Morgan fingerprint density at radius 2 is 2.31 bits per heavy atom. The highest BCUT2D eigenvalue weighted by Crippen LogP contribution is 2.23. The summed E-state index contributed by atoms with van der Waals surface area (Å²) in [6.07, 6.45) is 2.25. The number of halogens is 1. The highest BCUT2D eigenvalue weighted by molar-refractivity contribution is 6.34. The van der Waals surface area contributed by atoms with Crippen molar-refractivity contribution in [1.82, 2.24) is 9.38 Å². The first-order valence-electron chi connectivity index (χ1n) is 4.95. The van der Waals surface area contributed by atoms with E-state index in [9.17, 15) is 4.79 Å². The SMILES string of the molecule is CCc1nc2c(Cl)c(C)ccn2c1C(=O)O. The lowest BCUT2D eigenvalue weighted by Gasteiger charge is -2.01. The lowest BCUT2D eigenvalue weighted by atomic mass is 10.2. The Labute approximate surface area is 97.5 Å². The molecule has 2 heterocycles. The number of carbonyl (C=O) groups is 1. The van der Waals surface area contributed by atoms with Crippen LogP contribution in [-0.2, 0) is 6.42 Å². The number of rotatable bonds is 2. The number of carboxylic acids is 1. The molecule has 0 fully saturated rings. The van der Waals surface area contributed by atoms with Gasteiger partial charge in [0.15, 0.2) is 11.3 Å². The number of carboxylic acid groups (broad SMARTS) is 1. The smallest absolute Gasteiger partial charge is 0.354 e. The molecule has 2 aromatic rings. The maximum absolute atomic E-state index is 11.1. The lowest BCUT2D eigenvalue weighted by Crippen LogP contribution is -2.04. The molecule has 0 unspecified atom stereocenters. The summed E-state index contributed by atoms with van der Waals surface area (Å²) < 4.78 is 1.52. The Hall–Kier alpha value is -1.55. The summed E-state index contributed by atoms with van der Waals surface area (Å²) >= 11 is 6.10. The summed E-state index contributed by atoms with van der Waals surface area (Å²) in [4.78, 5) is 15.4. The van der Waals surface area contributed by atoms with Gasteiger partial charge in [-0.05, 0) is 25.0 Å². The van der Waals surface area contributed by atoms with Crippen LogP contribution in [-0.4, -0.2) is 20.5 Å². The fourth-order valence-electron chi connectivity index (χ4n) is 1.69. The van der Waals surface area contributed by atoms with Crippen molar-refractivity contribution in [3.8, 4) is 0 Å². The van der Waals surface area contributed by atoms with Crippen LogP contribution in [0.4, 0.5) is 0 Å². The van der Waals surface area contributed by atoms with Gasteiger partial charge in [-0.1, -0.05) is 18.5 Å². The third-order valence-electron chi connectivity index (χ3n) is 2.54. The van der Waals surface area contributed by atoms with E-state index in [-0.39, 0.29) is 5.69 Å². The van der Waals surface area contributed by atoms with Crippen LogP contribution in [0.3, 0.4) is 0 Å². The first-order chi connectivity index (χ1) is 7.56. The van der Waals surface area contributed by atoms with E-state index in [4.69, 9.17) is 16.7 Å². The number of aromatic nitrogens is 2. The Kier molecular flexibility index (Phi) is 2.59. The maximum Gasteiger partial charge on any atom is 0.354 e. The normalized spacial score (nSPS) is 10.9. The van der Waals surface area contributed by atoms with Gasteiger partial charge in [0.05, 0.1) is 10.7 Å². The van der Waals surface area contributed by atoms with Gasteiger partial charge in [-0.25, -0.2) is 9.78 Å². The molecule has 84 valence electrons. The molecule has 4 nitrogen and oxygen atoms in total. The number of aryl methyl sites for hydroxylation is 2. The third-order valence-corrected chi connectivity index (χ3v) is 3.00. The van der Waals surface area contributed by atoms with Gasteiger partial charge in [0.25, 0.3) is 0 Å². The summed E-state index contributed by atoms with van der Waals surface area (Å²) in [7, 11) is 0. The van der Waals surface area contributed by atoms with Gasteiger partial charge < -0.3 is 5.11 Å². The van der Waals surface area contributed by atoms with Crippen LogP contribution in [0.15, 0.2) is 12.3 Å². The summed E-state index contributed by atoms with van der Waals surface area (Å²) in [6, 6.07) is 1.78. The first-order valence-corrected chi connectivity index (χ1v) is 5.33. The van der Waals surface area contributed by atoms with Gasteiger partial charge in [-0.3, -0.25) is 4.40 Å². The van der Waals surface area contributed by atoms with Crippen molar-refractivity contribution in [2.45, 2.75) is 20.3 Å². The molecule has 0 saturated carbocycles. The standard InChI is InChI=1S/C11H11ClN2O2/c1-3-7-9(11(15)16)14-5-4-6(2)8(12)10(14)13-7/h4-5H,3H2,1-2H3,(H,15,16). The topological polar surface area (TPSA) is 54.6 Å². The van der Waals surface area contributed by atoms with Crippen LogP contribution in [0.25, 0.3) is 5.65 Å². The van der Waals surface area contributed by atoms with Crippen molar-refractivity contribution in [1.29, 1.82) is 0 Å². The number of pyridine rings is 1. The number of hydrogen-bond acceptors (Lipinski definition) is 2. The van der Waals surface area contributed by atoms with E-state index >= 15 is 0 Å². The average molecular weight is 239 g/mol. The highest BCUT2D eigenvalue weighted by atomic mass is 35.5. The van der Waals surface area contributed by atoms with E-state index in [1.165, 1.54) is 4.40 Å². The molecule has 0 aliphatic carbocycles. The van der Waals surface area contributed by atoms with Crippen LogP contribution < -0.4 is 0 Å². The predicted molar refractivity (Wildman–Crippen MR) is 61.3 cm³/mol. The minimum atomic E-state index is -0.982. The zero-order valence-electron chi connectivity index (χ0n) is 8.99. The van der Waals surface area contributed by atoms with Crippen LogP contribution in [0.5, 0.6) is 0 Å². The Balaban J connectivity index is 2.88. The Morgan fingerprint density at radius 1 is 1.62 bits per heavy atom. The molecule has 0 atom stereocenters. The van der Waals surface area contributed by atoms with E-state index in [1.807, 2.05) is 13.8 Å². The van der Waals surface area contributed by atoms with Gasteiger partial charge in [0.1, 0.15) is 0 Å². The second-order valence-electron chi connectivity index (χ2n) is 3.57. The van der Waals surface area contributed by atoms with Crippen molar-refractivity contribution in [2.75, 3.05) is 0 Å². The monoisotopic (exact) mass is 238 g/mol. The van der Waals surface area contributed by atoms with Crippen molar-refractivity contribution in [3.05, 3.63) is 34.2 Å². The molecule has 2 aromatic heterocycles. The summed E-state index contributed by atoms with van der Waals surface area (Å²) in [5.74, 6) is -0.982. The first kappa shape index (κ1) is 11.0. The van der Waals surface area contributed by atoms with Gasteiger partial charge in [0.2, 0.25) is 0 Å². The molecular formula is C11H11ClN2O2. The Morgan fingerprint density at radius 3 is 2.88 bits per heavy atom. The van der Waals surface area contributed by atoms with Crippen LogP contribution in [0.1, 0.15) is 28.7 Å². The molecule has 0 saturated heterocycles. The molecule has 1 N–H and O–H groups in total. The van der Waals surface area contributed by atoms with Gasteiger partial charge in [-0.2, -0.15) is 0 Å². The fourth-order valence-corrected chi connectivity index (χ4v) is 1.88. The molecule has 0 bridgehead atoms. The number of nitrogens with zero attached hydrogens (tertiary/aromatic N) is 2. The van der Waals surface area contributed by atoms with E-state index in [1.54, 1.807) is 12.3 Å². The molecule has 5 heteroatoms. The molecule has 0 spiro atoms. The summed E-state index contributed by atoms with van der Waals surface area (Å²) in [6.45, 7) is 3.73. The average Bonchev–Trinajstić information content (AvgIpc) is 2.62. The largest absolute Gasteiger partial charge is 0.477 e. The molecular weight excluding hydrogens is 228 g/mol. The van der Waals surface area contributed by atoms with Gasteiger partial charge >= 0.3 is 5.97 Å². The second kappa shape index (κ2) is 3.79. The number of hydrogen-bond donors (Lipinski definition) is 1. The molecule has 2 rings (SSSR count). The molecule has 16 heavy (non-hydrogen) atoms. The number of aromatic carboxylic acids is 1. The van der Waals surface area contributed by atoms with E-state index in [0.717, 1.165) is 5.56 Å². The van der Waals surface area contributed by atoms with Crippen molar-refractivity contribution < 1.29 is 9.90 Å². The van der Waals surface area contributed by atoms with Crippen LogP contribution >= 0.6 is 11.6 Å². The zero-order chi connectivity index (χ0) is 11.9. The van der Waals surface area contributed by atoms with Gasteiger partial charge in [0, 0.05) is 6.20 Å². The quantitative estimate of drug-likeness (QED) is 0.875. The minimum Gasteiger partial charge on any atom is -0.477 e. The molecule has 0 aromatic carbocycles. The van der Waals surface area contributed by atoms with Crippen LogP contribution in [0.2, 0.25) is 5.02 Å². The number of imidazole rings is 1. The number of fused-ring (bicyclic) bond motifs is 1. The Bertz CT molecular complexity index is 575. The zero-order valence-corrected chi connectivity index (χ0v) is 9.75. The van der Waals surface area contributed by atoms with Gasteiger partial charge in [-0.15, -0.1) is 0 Å². The van der Waals surface area contributed by atoms with E-state index in [2.05, 4.69) is 4.98 Å². The predicted octanol–water partition coefficient (Wildman–Crippen LogP) is 2.56. The maximum atomic E-state index is 11.1. The highest BCUT2D eigenvalue weighted by Gasteiger charge is 2.18. The molecule has 0 aliphatic heterocycles. The van der Waals surface area contributed by atoms with E-state index < -0.39 is 5.97 Å². The molecule has 0 radical (unpaired) electrons. The van der Waals surface area contributed by atoms with E-state index in [0.29, 0.717) is 22.8 Å². The summed E-state index contributed by atoms with van der Waals surface area (Å²) in [5.41, 5.74) is 2.15.